The first-order valence-electron chi connectivity index (χ1n) is 10.5. The van der Waals surface area contributed by atoms with Crippen LogP contribution in [0.5, 0.6) is 5.75 Å². The number of hydrogen-bond acceptors (Lipinski definition) is 7. The second kappa shape index (κ2) is 11.6. The summed E-state index contributed by atoms with van der Waals surface area (Å²) in [4.78, 5) is 25.4. The van der Waals surface area contributed by atoms with Crippen molar-refractivity contribution in [2.24, 2.45) is 0 Å². The van der Waals surface area contributed by atoms with E-state index < -0.39 is 11.9 Å². The summed E-state index contributed by atoms with van der Waals surface area (Å²) in [5.74, 6) is -0.823. The molecule has 0 aliphatic carbocycles. The number of thioether (sulfide) groups is 1. The molecular formula is C25H24ClN3O4S. The lowest BCUT2D eigenvalue weighted by molar-refractivity contribution is -0.138. The van der Waals surface area contributed by atoms with Crippen LogP contribution in [-0.4, -0.2) is 31.3 Å². The van der Waals surface area contributed by atoms with Gasteiger partial charge in [0.05, 0.1) is 47.6 Å². The number of esters is 1. The molecule has 0 aromatic heterocycles. The number of allylic oxidation sites excluding steroid dienone is 2. The Morgan fingerprint density at radius 2 is 2.00 bits per heavy atom. The maximum Gasteiger partial charge on any atom is 0.336 e. The molecule has 9 heteroatoms. The number of rotatable bonds is 8. The number of anilines is 1. The second-order valence-electron chi connectivity index (χ2n) is 7.26. The van der Waals surface area contributed by atoms with E-state index in [1.165, 1.54) is 11.8 Å². The van der Waals surface area contributed by atoms with Crippen molar-refractivity contribution < 1.29 is 19.1 Å². The maximum absolute atomic E-state index is 12.8. The summed E-state index contributed by atoms with van der Waals surface area (Å²) in [5, 5.41) is 16.9. The van der Waals surface area contributed by atoms with E-state index in [1.54, 1.807) is 69.5 Å². The van der Waals surface area contributed by atoms with Gasteiger partial charge < -0.3 is 20.1 Å². The summed E-state index contributed by atoms with van der Waals surface area (Å²) in [5.41, 5.74) is 2.37. The number of amides is 1. The molecule has 1 heterocycles. The predicted octanol–water partition coefficient (Wildman–Crippen LogP) is 4.98. The van der Waals surface area contributed by atoms with Crippen molar-refractivity contribution in [1.82, 2.24) is 5.32 Å². The average Bonchev–Trinajstić information content (AvgIpc) is 2.82. The van der Waals surface area contributed by atoms with Gasteiger partial charge in [-0.2, -0.15) is 5.26 Å². The van der Waals surface area contributed by atoms with E-state index in [0.29, 0.717) is 43.9 Å². The summed E-state index contributed by atoms with van der Waals surface area (Å²) in [6.45, 7) is 3.65. The van der Waals surface area contributed by atoms with E-state index in [4.69, 9.17) is 21.1 Å². The van der Waals surface area contributed by atoms with Gasteiger partial charge in [-0.3, -0.25) is 4.79 Å². The molecule has 2 aromatic carbocycles. The van der Waals surface area contributed by atoms with E-state index in [1.807, 2.05) is 0 Å². The molecule has 2 aromatic rings. The summed E-state index contributed by atoms with van der Waals surface area (Å²) >= 11 is 7.63. The zero-order valence-corrected chi connectivity index (χ0v) is 20.5. The number of dihydropyridines is 1. The number of ether oxygens (including phenoxy) is 2. The molecule has 1 aliphatic rings. The number of hydrogen-bond donors (Lipinski definition) is 2. The highest BCUT2D eigenvalue weighted by Crippen LogP contribution is 2.43. The molecule has 0 spiro atoms. The van der Waals surface area contributed by atoms with Gasteiger partial charge in [0, 0.05) is 22.5 Å². The van der Waals surface area contributed by atoms with Crippen molar-refractivity contribution in [1.29, 1.82) is 5.26 Å². The number of methoxy groups -OCH3 is 1. The van der Waals surface area contributed by atoms with Crippen molar-refractivity contribution in [2.75, 3.05) is 24.8 Å². The van der Waals surface area contributed by atoms with Crippen LogP contribution < -0.4 is 15.4 Å². The predicted molar refractivity (Wildman–Crippen MR) is 133 cm³/mol. The molecule has 7 nitrogen and oxygen atoms in total. The first-order valence-corrected chi connectivity index (χ1v) is 11.9. The quantitative estimate of drug-likeness (QED) is 0.496. The minimum Gasteiger partial charge on any atom is -0.497 e. The van der Waals surface area contributed by atoms with Crippen LogP contribution in [0.3, 0.4) is 0 Å². The second-order valence-corrected chi connectivity index (χ2v) is 8.65. The first-order chi connectivity index (χ1) is 16.4. The molecule has 34 heavy (non-hydrogen) atoms. The lowest BCUT2D eigenvalue weighted by atomic mass is 9.82. The van der Waals surface area contributed by atoms with E-state index >= 15 is 0 Å². The minimum atomic E-state index is -0.719. The molecule has 1 atom stereocenters. The van der Waals surface area contributed by atoms with Gasteiger partial charge in [-0.1, -0.05) is 47.6 Å². The largest absolute Gasteiger partial charge is 0.497 e. The lowest BCUT2D eigenvalue weighted by Crippen LogP contribution is -2.29. The highest BCUT2D eigenvalue weighted by atomic mass is 35.5. The van der Waals surface area contributed by atoms with Crippen LogP contribution in [0.4, 0.5) is 5.69 Å². The molecule has 0 saturated heterocycles. The Balaban J connectivity index is 1.89. The summed E-state index contributed by atoms with van der Waals surface area (Å²) < 4.78 is 10.4. The van der Waals surface area contributed by atoms with Gasteiger partial charge in [0.2, 0.25) is 5.91 Å². The lowest BCUT2D eigenvalue weighted by Gasteiger charge is -2.29. The van der Waals surface area contributed by atoms with Crippen LogP contribution in [0.15, 0.2) is 70.4 Å². The monoisotopic (exact) mass is 497 g/mol. The van der Waals surface area contributed by atoms with Gasteiger partial charge in [-0.05, 0) is 37.6 Å². The Morgan fingerprint density at radius 1 is 1.24 bits per heavy atom. The number of halogens is 1. The molecule has 0 bridgehead atoms. The van der Waals surface area contributed by atoms with E-state index in [-0.39, 0.29) is 18.3 Å². The highest BCUT2D eigenvalue weighted by Gasteiger charge is 2.36. The Labute approximate surface area is 207 Å². The van der Waals surface area contributed by atoms with E-state index in [0.717, 1.165) is 0 Å². The van der Waals surface area contributed by atoms with E-state index in [2.05, 4.69) is 16.7 Å². The minimum absolute atomic E-state index is 0.0436. The maximum atomic E-state index is 12.8. The molecule has 0 unspecified atom stereocenters. The van der Waals surface area contributed by atoms with Gasteiger partial charge in [0.1, 0.15) is 5.75 Å². The third-order valence-corrected chi connectivity index (χ3v) is 6.42. The fraction of sp³-hybridized carbons (Fsp3) is 0.240. The SMILES string of the molecule is CCOC(=O)C1=C(C)NC(SCC(=O)Nc2cccc(OC)c2)=C(C#N)[C@H]1c1ccccc1Cl. The zero-order valence-electron chi connectivity index (χ0n) is 19.0. The number of carbonyl (C=O) groups is 2. The third-order valence-electron chi connectivity index (χ3n) is 5.06. The van der Waals surface area contributed by atoms with Gasteiger partial charge >= 0.3 is 5.97 Å². The molecule has 2 N–H and O–H groups in total. The third kappa shape index (κ3) is 5.74. The van der Waals surface area contributed by atoms with Crippen molar-refractivity contribution in [3.05, 3.63) is 81.0 Å². The normalized spacial score (nSPS) is 15.3. The summed E-state index contributed by atoms with van der Waals surface area (Å²) in [7, 11) is 1.55. The number of nitrogens with one attached hydrogen (secondary N) is 2. The number of nitriles is 1. The van der Waals surface area contributed by atoms with Crippen LogP contribution in [0.1, 0.15) is 25.3 Å². The van der Waals surface area contributed by atoms with Crippen LogP contribution in [0.2, 0.25) is 5.02 Å². The van der Waals surface area contributed by atoms with Gasteiger partial charge in [-0.15, -0.1) is 0 Å². The summed E-state index contributed by atoms with van der Waals surface area (Å²) in [6, 6.07) is 16.3. The van der Waals surface area contributed by atoms with Crippen molar-refractivity contribution >= 4 is 40.9 Å². The van der Waals surface area contributed by atoms with Crippen LogP contribution in [-0.2, 0) is 14.3 Å². The molecule has 0 radical (unpaired) electrons. The van der Waals surface area contributed by atoms with Crippen molar-refractivity contribution in [3.63, 3.8) is 0 Å². The average molecular weight is 498 g/mol. The fourth-order valence-corrected chi connectivity index (χ4v) is 4.70. The van der Waals surface area contributed by atoms with E-state index in [9.17, 15) is 14.9 Å². The number of benzene rings is 2. The topological polar surface area (TPSA) is 100 Å². The summed E-state index contributed by atoms with van der Waals surface area (Å²) in [6.07, 6.45) is 0. The number of nitrogens with zero attached hydrogens (tertiary/aromatic N) is 1. The zero-order chi connectivity index (χ0) is 24.7. The Kier molecular flexibility index (Phi) is 8.63. The molecule has 1 amide bonds. The fourth-order valence-electron chi connectivity index (χ4n) is 3.56. The van der Waals surface area contributed by atoms with Crippen LogP contribution in [0.25, 0.3) is 0 Å². The molecule has 176 valence electrons. The highest BCUT2D eigenvalue weighted by molar-refractivity contribution is 8.03. The van der Waals surface area contributed by atoms with Crippen molar-refractivity contribution in [2.45, 2.75) is 19.8 Å². The first kappa shape index (κ1) is 25.2. The number of carbonyl (C=O) groups excluding carboxylic acids is 2. The van der Waals surface area contributed by atoms with Gasteiger partial charge in [0.25, 0.3) is 0 Å². The molecule has 0 saturated carbocycles. The standard InChI is InChI=1S/C25H24ClN3O4S/c1-4-33-25(31)22-15(2)28-24(19(13-27)23(22)18-10-5-6-11-20(18)26)34-14-21(30)29-16-8-7-9-17(12-16)32-3/h5-12,23,28H,4,14H2,1-3H3,(H,29,30)/t23-/m1/s1. The van der Waals surface area contributed by atoms with Crippen LogP contribution in [0, 0.1) is 11.3 Å². The van der Waals surface area contributed by atoms with Crippen molar-refractivity contribution in [3.8, 4) is 11.8 Å². The Morgan fingerprint density at radius 3 is 2.68 bits per heavy atom. The van der Waals surface area contributed by atoms with Crippen LogP contribution >= 0.6 is 23.4 Å². The van der Waals surface area contributed by atoms with Gasteiger partial charge in [-0.25, -0.2) is 4.79 Å². The smallest absolute Gasteiger partial charge is 0.336 e. The molecule has 0 fully saturated rings. The Bertz CT molecular complexity index is 1200. The van der Waals surface area contributed by atoms with Gasteiger partial charge in [0.15, 0.2) is 0 Å². The molecular weight excluding hydrogens is 474 g/mol. The Hall–Kier alpha value is -3.41. The molecule has 3 rings (SSSR count). The molecule has 1 aliphatic heterocycles.